The maximum absolute atomic E-state index is 13.7. The van der Waals surface area contributed by atoms with Crippen molar-refractivity contribution in [2.24, 2.45) is 0 Å². The second-order valence-corrected chi connectivity index (χ2v) is 8.62. The Balaban J connectivity index is 1.61. The zero-order chi connectivity index (χ0) is 21.2. The predicted molar refractivity (Wildman–Crippen MR) is 101 cm³/mol. The molecule has 29 heavy (non-hydrogen) atoms. The summed E-state index contributed by atoms with van der Waals surface area (Å²) < 4.78 is 66.6. The second-order valence-electron chi connectivity index (χ2n) is 6.69. The number of benzene rings is 2. The van der Waals surface area contributed by atoms with Crippen molar-refractivity contribution in [1.29, 1.82) is 0 Å². The third kappa shape index (κ3) is 4.77. The van der Waals surface area contributed by atoms with Gasteiger partial charge in [0.1, 0.15) is 17.5 Å². The number of carbonyl (C=O) groups excluding carboxylic acids is 1. The van der Waals surface area contributed by atoms with Gasteiger partial charge in [0.2, 0.25) is 15.9 Å². The molecule has 1 amide bonds. The molecule has 1 aliphatic heterocycles. The van der Waals surface area contributed by atoms with E-state index in [0.29, 0.717) is 6.07 Å². The summed E-state index contributed by atoms with van der Waals surface area (Å²) in [5.74, 6) is -2.75. The molecule has 0 aromatic heterocycles. The summed E-state index contributed by atoms with van der Waals surface area (Å²) in [7, 11) is -3.83. The number of halogens is 3. The van der Waals surface area contributed by atoms with Crippen molar-refractivity contribution in [3.8, 4) is 0 Å². The molecule has 0 bridgehead atoms. The molecule has 1 atom stereocenters. The topological polar surface area (TPSA) is 69.7 Å². The van der Waals surface area contributed by atoms with E-state index in [-0.39, 0.29) is 36.8 Å². The highest BCUT2D eigenvalue weighted by Crippen LogP contribution is 2.20. The van der Waals surface area contributed by atoms with Crippen LogP contribution in [0.25, 0.3) is 0 Å². The van der Waals surface area contributed by atoms with Crippen molar-refractivity contribution in [1.82, 2.24) is 9.21 Å². The van der Waals surface area contributed by atoms with Crippen LogP contribution < -0.4 is 5.32 Å². The van der Waals surface area contributed by atoms with Crippen LogP contribution in [-0.4, -0.2) is 55.8 Å². The number of sulfonamides is 1. The van der Waals surface area contributed by atoms with E-state index in [0.717, 1.165) is 18.2 Å². The molecule has 3 rings (SSSR count). The Hall–Kier alpha value is -2.43. The van der Waals surface area contributed by atoms with Crippen LogP contribution in [0.3, 0.4) is 0 Å². The largest absolute Gasteiger partial charge is 0.322 e. The Labute approximate surface area is 167 Å². The predicted octanol–water partition coefficient (Wildman–Crippen LogP) is 2.44. The highest BCUT2D eigenvalue weighted by molar-refractivity contribution is 7.89. The minimum absolute atomic E-state index is 0.122. The van der Waals surface area contributed by atoms with Crippen LogP contribution in [0.1, 0.15) is 6.92 Å². The number of carbonyl (C=O) groups is 1. The van der Waals surface area contributed by atoms with Gasteiger partial charge in [-0.15, -0.1) is 0 Å². The zero-order valence-electron chi connectivity index (χ0n) is 15.6. The normalized spacial score (nSPS) is 17.1. The van der Waals surface area contributed by atoms with Crippen LogP contribution in [0.4, 0.5) is 18.9 Å². The Morgan fingerprint density at radius 1 is 1.00 bits per heavy atom. The number of amides is 1. The van der Waals surface area contributed by atoms with Gasteiger partial charge in [0, 0.05) is 32.2 Å². The number of nitrogens with one attached hydrogen (secondary N) is 1. The minimum atomic E-state index is -3.83. The lowest BCUT2D eigenvalue weighted by Crippen LogP contribution is -2.53. The first-order valence-corrected chi connectivity index (χ1v) is 10.4. The van der Waals surface area contributed by atoms with Gasteiger partial charge in [-0.2, -0.15) is 4.31 Å². The molecule has 1 N–H and O–H groups in total. The maximum atomic E-state index is 13.7. The molecule has 2 aromatic rings. The number of piperazine rings is 1. The summed E-state index contributed by atoms with van der Waals surface area (Å²) in [6, 6.07) is 7.00. The summed E-state index contributed by atoms with van der Waals surface area (Å²) in [5.41, 5.74) is -0.129. The molecule has 0 aliphatic carbocycles. The second kappa shape index (κ2) is 8.52. The molecule has 0 radical (unpaired) electrons. The molecule has 156 valence electrons. The summed E-state index contributed by atoms with van der Waals surface area (Å²) >= 11 is 0. The van der Waals surface area contributed by atoms with Crippen LogP contribution in [0.15, 0.2) is 47.4 Å². The first kappa shape index (κ1) is 21.3. The van der Waals surface area contributed by atoms with E-state index in [1.54, 1.807) is 11.8 Å². The fourth-order valence-electron chi connectivity index (χ4n) is 3.10. The van der Waals surface area contributed by atoms with Crippen molar-refractivity contribution in [2.75, 3.05) is 31.5 Å². The maximum Gasteiger partial charge on any atom is 0.243 e. The van der Waals surface area contributed by atoms with Crippen molar-refractivity contribution in [3.63, 3.8) is 0 Å². The van der Waals surface area contributed by atoms with Crippen LogP contribution in [0.2, 0.25) is 0 Å². The lowest BCUT2D eigenvalue weighted by atomic mass is 10.2. The highest BCUT2D eigenvalue weighted by Gasteiger charge is 2.32. The lowest BCUT2D eigenvalue weighted by molar-refractivity contribution is -0.121. The van der Waals surface area contributed by atoms with Gasteiger partial charge in [0.25, 0.3) is 0 Å². The number of hydrogen-bond donors (Lipinski definition) is 1. The summed E-state index contributed by atoms with van der Waals surface area (Å²) in [6.45, 7) is 2.42. The molecule has 0 saturated carbocycles. The first-order valence-electron chi connectivity index (χ1n) is 8.94. The first-order chi connectivity index (χ1) is 13.7. The summed E-state index contributed by atoms with van der Waals surface area (Å²) in [5, 5.41) is 2.41. The molecular formula is C19H20F3N3O3S. The molecular weight excluding hydrogens is 407 g/mol. The van der Waals surface area contributed by atoms with E-state index in [4.69, 9.17) is 0 Å². The fourth-order valence-corrected chi connectivity index (χ4v) is 4.56. The summed E-state index contributed by atoms with van der Waals surface area (Å²) in [6.07, 6.45) is 0. The molecule has 1 aliphatic rings. The van der Waals surface area contributed by atoms with Crippen LogP contribution in [0, 0.1) is 17.5 Å². The van der Waals surface area contributed by atoms with Crippen molar-refractivity contribution < 1.29 is 26.4 Å². The molecule has 10 heteroatoms. The van der Waals surface area contributed by atoms with E-state index in [1.807, 2.05) is 0 Å². The highest BCUT2D eigenvalue weighted by atomic mass is 32.2. The fraction of sp³-hybridized carbons (Fsp3) is 0.316. The van der Waals surface area contributed by atoms with E-state index in [9.17, 15) is 26.4 Å². The van der Waals surface area contributed by atoms with Crippen LogP contribution in [-0.2, 0) is 14.8 Å². The molecule has 0 spiro atoms. The van der Waals surface area contributed by atoms with Gasteiger partial charge >= 0.3 is 0 Å². The average molecular weight is 427 g/mol. The summed E-state index contributed by atoms with van der Waals surface area (Å²) in [4.78, 5) is 14.0. The van der Waals surface area contributed by atoms with Gasteiger partial charge in [-0.25, -0.2) is 21.6 Å². The van der Waals surface area contributed by atoms with Crippen molar-refractivity contribution in [3.05, 3.63) is 59.9 Å². The van der Waals surface area contributed by atoms with Crippen molar-refractivity contribution in [2.45, 2.75) is 17.9 Å². The third-order valence-corrected chi connectivity index (χ3v) is 6.72. The average Bonchev–Trinajstić information content (AvgIpc) is 2.69. The smallest absolute Gasteiger partial charge is 0.243 e. The third-order valence-electron chi connectivity index (χ3n) is 4.82. The van der Waals surface area contributed by atoms with Gasteiger partial charge in [0.05, 0.1) is 16.6 Å². The number of rotatable bonds is 5. The van der Waals surface area contributed by atoms with Gasteiger partial charge in [-0.05, 0) is 37.3 Å². The Morgan fingerprint density at radius 2 is 1.66 bits per heavy atom. The zero-order valence-corrected chi connectivity index (χ0v) is 16.4. The molecule has 6 nitrogen and oxygen atoms in total. The number of hydrogen-bond acceptors (Lipinski definition) is 4. The molecule has 1 saturated heterocycles. The molecule has 1 fully saturated rings. The Bertz CT molecular complexity index is 1010. The SMILES string of the molecule is CC(C(=O)Nc1ccc(F)cc1F)N1CCN(S(=O)(=O)c2cccc(F)c2)CC1. The standard InChI is InChI=1S/C19H20F3N3O3S/c1-13(19(26)23-18-6-5-15(21)12-17(18)22)24-7-9-25(10-8-24)29(27,28)16-4-2-3-14(20)11-16/h2-6,11-13H,7-10H2,1H3,(H,23,26). The van der Waals surface area contributed by atoms with Crippen molar-refractivity contribution >= 4 is 21.6 Å². The minimum Gasteiger partial charge on any atom is -0.322 e. The monoisotopic (exact) mass is 427 g/mol. The molecule has 1 unspecified atom stereocenters. The Kier molecular flexibility index (Phi) is 6.25. The van der Waals surface area contributed by atoms with Gasteiger partial charge in [-0.1, -0.05) is 6.07 Å². The number of anilines is 1. The molecule has 2 aromatic carbocycles. The lowest BCUT2D eigenvalue weighted by Gasteiger charge is -2.36. The Morgan fingerprint density at radius 3 is 2.28 bits per heavy atom. The van der Waals surface area contributed by atoms with E-state index >= 15 is 0 Å². The van der Waals surface area contributed by atoms with Crippen LogP contribution >= 0.6 is 0 Å². The van der Waals surface area contributed by atoms with E-state index in [2.05, 4.69) is 5.32 Å². The van der Waals surface area contributed by atoms with Gasteiger partial charge < -0.3 is 5.32 Å². The quantitative estimate of drug-likeness (QED) is 0.796. The van der Waals surface area contributed by atoms with E-state index < -0.39 is 39.4 Å². The number of nitrogens with zero attached hydrogens (tertiary/aromatic N) is 2. The van der Waals surface area contributed by atoms with Gasteiger partial charge in [0.15, 0.2) is 0 Å². The van der Waals surface area contributed by atoms with Crippen LogP contribution in [0.5, 0.6) is 0 Å². The molecule has 1 heterocycles. The van der Waals surface area contributed by atoms with E-state index in [1.165, 1.54) is 22.5 Å². The van der Waals surface area contributed by atoms with Gasteiger partial charge in [-0.3, -0.25) is 9.69 Å².